The second-order valence-corrected chi connectivity index (χ2v) is 10.6. The number of carbonyl (C=O) groups is 4. The minimum Gasteiger partial charge on any atom is -0.468 e. The number of aryl methyl sites for hydroxylation is 2. The third kappa shape index (κ3) is 9.37. The molecular weight excluding hydrogens is 474 g/mol. The molecule has 1 rings (SSSR count). The summed E-state index contributed by atoms with van der Waals surface area (Å²) in [7, 11) is 1.24. The van der Waals surface area contributed by atoms with Crippen LogP contribution in [0.5, 0.6) is 0 Å². The fraction of sp³-hybridized carbons (Fsp3) is 0.643. The monoisotopic (exact) mass is 519 g/mol. The molecule has 0 aliphatic heterocycles. The van der Waals surface area contributed by atoms with E-state index in [9.17, 15) is 19.2 Å². The van der Waals surface area contributed by atoms with Gasteiger partial charge in [-0.2, -0.15) is 0 Å². The summed E-state index contributed by atoms with van der Waals surface area (Å²) in [5, 5.41) is 5.38. The Morgan fingerprint density at radius 2 is 1.65 bits per heavy atom. The van der Waals surface area contributed by atoms with Gasteiger partial charge >= 0.3 is 12.1 Å². The normalized spacial score (nSPS) is 14.5. The number of rotatable bonds is 11. The molecule has 0 spiro atoms. The maximum Gasteiger partial charge on any atom is 0.408 e. The fourth-order valence-electron chi connectivity index (χ4n) is 3.95. The zero-order chi connectivity index (χ0) is 28.5. The number of hydrogen-bond donors (Lipinski definition) is 2. The van der Waals surface area contributed by atoms with Crippen LogP contribution >= 0.6 is 0 Å². The molecule has 1 aromatic rings. The van der Waals surface area contributed by atoms with Crippen LogP contribution < -0.4 is 10.6 Å². The highest BCUT2D eigenvalue weighted by atomic mass is 16.6. The van der Waals surface area contributed by atoms with Crippen LogP contribution in [-0.2, 0) is 23.9 Å². The van der Waals surface area contributed by atoms with Crippen molar-refractivity contribution in [2.75, 3.05) is 13.7 Å². The quantitative estimate of drug-likeness (QED) is 0.424. The molecule has 0 bridgehead atoms. The van der Waals surface area contributed by atoms with Crippen molar-refractivity contribution in [3.63, 3.8) is 0 Å². The average molecular weight is 520 g/mol. The molecule has 4 unspecified atom stereocenters. The molecular formula is C28H45N3O6. The van der Waals surface area contributed by atoms with Crippen LogP contribution in [0.15, 0.2) is 18.2 Å². The number of nitrogens with one attached hydrogen (secondary N) is 2. The minimum absolute atomic E-state index is 0.232. The number of benzene rings is 1. The molecule has 0 saturated heterocycles. The molecule has 0 heterocycles. The zero-order valence-electron chi connectivity index (χ0n) is 24.1. The molecule has 9 nitrogen and oxygen atoms in total. The largest absolute Gasteiger partial charge is 0.468 e. The highest BCUT2D eigenvalue weighted by Gasteiger charge is 2.40. The van der Waals surface area contributed by atoms with Crippen molar-refractivity contribution in [3.8, 4) is 0 Å². The molecule has 9 heteroatoms. The van der Waals surface area contributed by atoms with Crippen LogP contribution in [-0.4, -0.2) is 60.1 Å². The van der Waals surface area contributed by atoms with Crippen molar-refractivity contribution >= 4 is 23.9 Å². The van der Waals surface area contributed by atoms with Gasteiger partial charge in [0.05, 0.1) is 7.11 Å². The predicted octanol–water partition coefficient (Wildman–Crippen LogP) is 4.20. The van der Waals surface area contributed by atoms with E-state index >= 15 is 0 Å². The number of methoxy groups -OCH3 is 1. The molecule has 0 aliphatic rings. The van der Waals surface area contributed by atoms with Gasteiger partial charge in [-0.3, -0.25) is 14.4 Å². The maximum absolute atomic E-state index is 14.2. The molecule has 208 valence electrons. The van der Waals surface area contributed by atoms with E-state index in [2.05, 4.69) is 15.4 Å². The summed E-state index contributed by atoms with van der Waals surface area (Å²) >= 11 is 0. The summed E-state index contributed by atoms with van der Waals surface area (Å²) in [6, 6.07) is 3.35. The summed E-state index contributed by atoms with van der Waals surface area (Å²) in [5.41, 5.74) is 1.75. The number of amides is 3. The molecule has 0 saturated carbocycles. The van der Waals surface area contributed by atoms with E-state index in [1.807, 2.05) is 59.7 Å². The van der Waals surface area contributed by atoms with Crippen molar-refractivity contribution < 1.29 is 28.7 Å². The third-order valence-corrected chi connectivity index (χ3v) is 6.35. The summed E-state index contributed by atoms with van der Waals surface area (Å²) in [6.07, 6.45) is 0.480. The van der Waals surface area contributed by atoms with Crippen LogP contribution in [0.1, 0.15) is 84.0 Å². The zero-order valence-corrected chi connectivity index (χ0v) is 24.1. The first-order valence-electron chi connectivity index (χ1n) is 12.9. The lowest BCUT2D eigenvalue weighted by atomic mass is 9.92. The van der Waals surface area contributed by atoms with E-state index in [1.165, 1.54) is 12.0 Å². The standard InChI is InChI=1S/C28H45N3O6/c1-11-18(4)23(30-27(35)37-28(7,8)9)26(34)31(20(6)12-2)24(25(33)29-16-22(32)36-10)21-14-13-17(3)15-19(21)5/h13-15,18,20,23-24H,11-12,16H2,1-10H3,(H,29,33)(H,30,35). The number of alkyl carbamates (subject to hydrolysis) is 1. The topological polar surface area (TPSA) is 114 Å². The summed E-state index contributed by atoms with van der Waals surface area (Å²) in [4.78, 5) is 53.8. The number of carbonyl (C=O) groups excluding carboxylic acids is 4. The van der Waals surface area contributed by atoms with Gasteiger partial charge in [-0.1, -0.05) is 51.0 Å². The lowest BCUT2D eigenvalue weighted by Crippen LogP contribution is -2.57. The van der Waals surface area contributed by atoms with Gasteiger partial charge in [0, 0.05) is 6.04 Å². The molecule has 4 atom stereocenters. The van der Waals surface area contributed by atoms with E-state index in [0.29, 0.717) is 18.4 Å². The lowest BCUT2D eigenvalue weighted by Gasteiger charge is -2.39. The van der Waals surface area contributed by atoms with Crippen LogP contribution in [0.25, 0.3) is 0 Å². The smallest absolute Gasteiger partial charge is 0.408 e. The molecule has 0 radical (unpaired) electrons. The summed E-state index contributed by atoms with van der Waals surface area (Å²) in [6.45, 7) is 16.3. The van der Waals surface area contributed by atoms with Gasteiger partial charge in [-0.25, -0.2) is 4.79 Å². The van der Waals surface area contributed by atoms with Crippen molar-refractivity contribution in [3.05, 3.63) is 34.9 Å². The van der Waals surface area contributed by atoms with Gasteiger partial charge in [0.15, 0.2) is 0 Å². The van der Waals surface area contributed by atoms with Crippen molar-refractivity contribution in [2.24, 2.45) is 5.92 Å². The molecule has 0 fully saturated rings. The number of nitrogens with zero attached hydrogens (tertiary/aromatic N) is 1. The van der Waals surface area contributed by atoms with E-state index in [-0.39, 0.29) is 18.5 Å². The van der Waals surface area contributed by atoms with Crippen molar-refractivity contribution in [1.82, 2.24) is 15.5 Å². The Morgan fingerprint density at radius 1 is 1.03 bits per heavy atom. The maximum atomic E-state index is 14.2. The second-order valence-electron chi connectivity index (χ2n) is 10.6. The van der Waals surface area contributed by atoms with Crippen LogP contribution in [0.4, 0.5) is 4.79 Å². The van der Waals surface area contributed by atoms with E-state index in [4.69, 9.17) is 4.74 Å². The molecule has 37 heavy (non-hydrogen) atoms. The van der Waals surface area contributed by atoms with Crippen LogP contribution in [0.2, 0.25) is 0 Å². The Bertz CT molecular complexity index is 956. The molecule has 2 N–H and O–H groups in total. The van der Waals surface area contributed by atoms with Gasteiger partial charge < -0.3 is 25.0 Å². The number of esters is 1. The first kappa shape index (κ1) is 31.9. The Morgan fingerprint density at radius 3 is 2.14 bits per heavy atom. The van der Waals surface area contributed by atoms with Crippen LogP contribution in [0, 0.1) is 19.8 Å². The Kier molecular flexibility index (Phi) is 12.1. The Labute approximate surface area is 221 Å². The first-order valence-corrected chi connectivity index (χ1v) is 12.9. The highest BCUT2D eigenvalue weighted by Crippen LogP contribution is 2.30. The summed E-state index contributed by atoms with van der Waals surface area (Å²) < 4.78 is 10.1. The third-order valence-electron chi connectivity index (χ3n) is 6.35. The highest BCUT2D eigenvalue weighted by molar-refractivity contribution is 5.93. The molecule has 3 amide bonds. The van der Waals surface area contributed by atoms with Gasteiger partial charge in [0.2, 0.25) is 11.8 Å². The van der Waals surface area contributed by atoms with E-state index in [1.54, 1.807) is 20.8 Å². The predicted molar refractivity (Wildman–Crippen MR) is 143 cm³/mol. The Balaban J connectivity index is 3.62. The summed E-state index contributed by atoms with van der Waals surface area (Å²) in [5.74, 6) is -1.73. The SMILES string of the molecule is CCC(C)C(NC(=O)OC(C)(C)C)C(=O)N(C(C)CC)C(C(=O)NCC(=O)OC)c1ccc(C)cc1C. The van der Waals surface area contributed by atoms with Crippen LogP contribution in [0.3, 0.4) is 0 Å². The van der Waals surface area contributed by atoms with Crippen molar-refractivity contribution in [2.45, 2.75) is 98.9 Å². The number of ether oxygens (including phenoxy) is 2. The second kappa shape index (κ2) is 14.0. The lowest BCUT2D eigenvalue weighted by molar-refractivity contribution is -0.147. The first-order chi connectivity index (χ1) is 17.2. The van der Waals surface area contributed by atoms with Gasteiger partial charge in [-0.15, -0.1) is 0 Å². The van der Waals surface area contributed by atoms with E-state index in [0.717, 1.165) is 11.1 Å². The number of hydrogen-bond acceptors (Lipinski definition) is 6. The van der Waals surface area contributed by atoms with Gasteiger partial charge in [-0.05, 0) is 65.0 Å². The fourth-order valence-corrected chi connectivity index (χ4v) is 3.95. The molecule has 0 aliphatic carbocycles. The van der Waals surface area contributed by atoms with E-state index < -0.39 is 41.6 Å². The van der Waals surface area contributed by atoms with Crippen molar-refractivity contribution in [1.29, 1.82) is 0 Å². The molecule has 1 aromatic carbocycles. The van der Waals surface area contributed by atoms with Gasteiger partial charge in [0.1, 0.15) is 24.2 Å². The average Bonchev–Trinajstić information content (AvgIpc) is 2.82. The Hall–Kier alpha value is -3.10. The molecule has 0 aromatic heterocycles. The minimum atomic E-state index is -1.03. The van der Waals surface area contributed by atoms with Gasteiger partial charge in [0.25, 0.3) is 0 Å².